The number of nitrogens with zero attached hydrogens (tertiary/aromatic N) is 1. The van der Waals surface area contributed by atoms with Crippen molar-refractivity contribution in [3.8, 4) is 0 Å². The third-order valence-corrected chi connectivity index (χ3v) is 2.89. The van der Waals surface area contributed by atoms with Gasteiger partial charge in [0.1, 0.15) is 0 Å². The molecule has 1 amide bonds. The van der Waals surface area contributed by atoms with Crippen LogP contribution in [0, 0.1) is 5.92 Å². The lowest BCUT2D eigenvalue weighted by Gasteiger charge is -2.17. The van der Waals surface area contributed by atoms with Crippen molar-refractivity contribution in [1.29, 1.82) is 0 Å². The van der Waals surface area contributed by atoms with E-state index < -0.39 is 0 Å². The van der Waals surface area contributed by atoms with Gasteiger partial charge in [0.15, 0.2) is 0 Å². The molecule has 0 atom stereocenters. The van der Waals surface area contributed by atoms with E-state index in [0.29, 0.717) is 19.0 Å². The number of nitrogens with one attached hydrogen (secondary N) is 1. The van der Waals surface area contributed by atoms with Gasteiger partial charge in [0.2, 0.25) is 5.91 Å². The van der Waals surface area contributed by atoms with Gasteiger partial charge in [-0.3, -0.25) is 9.69 Å². The van der Waals surface area contributed by atoms with Crippen LogP contribution in [-0.4, -0.2) is 30.9 Å². The fourth-order valence-corrected chi connectivity index (χ4v) is 1.79. The average molecular weight is 269 g/mol. The van der Waals surface area contributed by atoms with Crippen LogP contribution in [0.25, 0.3) is 0 Å². The van der Waals surface area contributed by atoms with E-state index in [1.54, 1.807) is 0 Å². The Hall–Kier alpha value is -1.06. The predicted molar refractivity (Wildman–Crippen MR) is 75.6 cm³/mol. The molecule has 1 rings (SSSR count). The third kappa shape index (κ3) is 5.52. The molecule has 0 bridgehead atoms. The fourth-order valence-electron chi connectivity index (χ4n) is 1.59. The lowest BCUT2D eigenvalue weighted by Crippen LogP contribution is -2.36. The van der Waals surface area contributed by atoms with Crippen LogP contribution in [0.2, 0.25) is 5.02 Å². The number of benzene rings is 1. The van der Waals surface area contributed by atoms with Gasteiger partial charge in [-0.05, 0) is 24.6 Å². The molecule has 0 saturated carbocycles. The lowest BCUT2D eigenvalue weighted by molar-refractivity contribution is -0.122. The number of carbonyl (C=O) groups excluding carboxylic acids is 1. The Kier molecular flexibility index (Phi) is 6.16. The zero-order valence-electron chi connectivity index (χ0n) is 11.2. The van der Waals surface area contributed by atoms with Gasteiger partial charge in [-0.1, -0.05) is 43.6 Å². The van der Waals surface area contributed by atoms with Crippen LogP contribution in [0.5, 0.6) is 0 Å². The number of hydrogen-bond acceptors (Lipinski definition) is 2. The Morgan fingerprint density at radius 3 is 2.67 bits per heavy atom. The molecule has 0 aliphatic carbocycles. The van der Waals surface area contributed by atoms with E-state index in [4.69, 9.17) is 11.6 Å². The van der Waals surface area contributed by atoms with Crippen molar-refractivity contribution < 1.29 is 4.79 Å². The summed E-state index contributed by atoms with van der Waals surface area (Å²) in [5.74, 6) is 0.529. The average Bonchev–Trinajstić information content (AvgIpc) is 2.29. The van der Waals surface area contributed by atoms with E-state index in [0.717, 1.165) is 17.1 Å². The van der Waals surface area contributed by atoms with Crippen LogP contribution in [0.1, 0.15) is 19.4 Å². The quantitative estimate of drug-likeness (QED) is 0.860. The largest absolute Gasteiger partial charge is 0.355 e. The lowest BCUT2D eigenvalue weighted by atomic mass is 10.2. The van der Waals surface area contributed by atoms with Crippen LogP contribution in [0.4, 0.5) is 0 Å². The number of rotatable bonds is 6. The number of carbonyl (C=O) groups is 1. The van der Waals surface area contributed by atoms with Crippen LogP contribution in [-0.2, 0) is 11.3 Å². The van der Waals surface area contributed by atoms with Gasteiger partial charge in [0.25, 0.3) is 0 Å². The van der Waals surface area contributed by atoms with Gasteiger partial charge in [-0.25, -0.2) is 0 Å². The second-order valence-corrected chi connectivity index (χ2v) is 5.37. The summed E-state index contributed by atoms with van der Waals surface area (Å²) in [6.45, 7) is 5.94. The first-order valence-electron chi connectivity index (χ1n) is 6.17. The molecule has 0 heterocycles. The number of amides is 1. The monoisotopic (exact) mass is 268 g/mol. The zero-order chi connectivity index (χ0) is 13.5. The highest BCUT2D eigenvalue weighted by molar-refractivity contribution is 6.31. The minimum atomic E-state index is 0.0539. The molecule has 0 aliphatic rings. The molecule has 0 spiro atoms. The van der Waals surface area contributed by atoms with Gasteiger partial charge >= 0.3 is 0 Å². The van der Waals surface area contributed by atoms with Crippen molar-refractivity contribution in [3.05, 3.63) is 34.9 Å². The molecular weight excluding hydrogens is 248 g/mol. The fraction of sp³-hybridized carbons (Fsp3) is 0.500. The minimum absolute atomic E-state index is 0.0539. The van der Waals surface area contributed by atoms with Crippen molar-refractivity contribution in [2.75, 3.05) is 20.1 Å². The highest BCUT2D eigenvalue weighted by Crippen LogP contribution is 2.16. The Balaban J connectivity index is 2.40. The highest BCUT2D eigenvalue weighted by Gasteiger charge is 2.08. The van der Waals surface area contributed by atoms with Crippen molar-refractivity contribution in [1.82, 2.24) is 10.2 Å². The Bertz CT molecular complexity index is 393. The molecule has 0 unspecified atom stereocenters. The first-order chi connectivity index (χ1) is 8.49. The third-order valence-electron chi connectivity index (χ3n) is 2.52. The first kappa shape index (κ1) is 15.0. The number of hydrogen-bond donors (Lipinski definition) is 1. The topological polar surface area (TPSA) is 32.3 Å². The van der Waals surface area contributed by atoms with Gasteiger partial charge in [0, 0.05) is 18.1 Å². The summed E-state index contributed by atoms with van der Waals surface area (Å²) >= 11 is 6.08. The molecule has 1 aromatic carbocycles. The van der Waals surface area contributed by atoms with Crippen molar-refractivity contribution in [2.24, 2.45) is 5.92 Å². The number of likely N-dealkylation sites (N-methyl/N-ethyl adjacent to an activating group) is 1. The Morgan fingerprint density at radius 2 is 2.06 bits per heavy atom. The molecule has 4 heteroatoms. The van der Waals surface area contributed by atoms with Gasteiger partial charge < -0.3 is 5.32 Å². The highest BCUT2D eigenvalue weighted by atomic mass is 35.5. The second-order valence-electron chi connectivity index (χ2n) is 4.96. The summed E-state index contributed by atoms with van der Waals surface area (Å²) in [6.07, 6.45) is 0. The van der Waals surface area contributed by atoms with Crippen LogP contribution >= 0.6 is 11.6 Å². The summed E-state index contributed by atoms with van der Waals surface area (Å²) in [7, 11) is 1.91. The summed E-state index contributed by atoms with van der Waals surface area (Å²) < 4.78 is 0. The number of halogens is 1. The van der Waals surface area contributed by atoms with E-state index in [1.807, 2.05) is 36.2 Å². The second kappa shape index (κ2) is 7.39. The van der Waals surface area contributed by atoms with E-state index in [9.17, 15) is 4.79 Å². The molecule has 0 radical (unpaired) electrons. The summed E-state index contributed by atoms with van der Waals surface area (Å²) in [5, 5.41) is 3.64. The van der Waals surface area contributed by atoms with Gasteiger partial charge in [-0.2, -0.15) is 0 Å². The van der Waals surface area contributed by atoms with Gasteiger partial charge in [0.05, 0.1) is 6.54 Å². The van der Waals surface area contributed by atoms with Gasteiger partial charge in [-0.15, -0.1) is 0 Å². The van der Waals surface area contributed by atoms with E-state index in [2.05, 4.69) is 19.2 Å². The molecule has 3 nitrogen and oxygen atoms in total. The maximum absolute atomic E-state index is 11.6. The molecule has 0 aliphatic heterocycles. The van der Waals surface area contributed by atoms with Crippen molar-refractivity contribution in [2.45, 2.75) is 20.4 Å². The summed E-state index contributed by atoms with van der Waals surface area (Å²) in [4.78, 5) is 13.6. The normalized spacial score (nSPS) is 11.0. The summed E-state index contributed by atoms with van der Waals surface area (Å²) in [5.41, 5.74) is 1.04. The summed E-state index contributed by atoms with van der Waals surface area (Å²) in [6, 6.07) is 7.70. The van der Waals surface area contributed by atoms with Crippen molar-refractivity contribution in [3.63, 3.8) is 0 Å². The first-order valence-corrected chi connectivity index (χ1v) is 6.55. The molecule has 1 aromatic rings. The van der Waals surface area contributed by atoms with Crippen LogP contribution in [0.15, 0.2) is 24.3 Å². The maximum Gasteiger partial charge on any atom is 0.234 e. The van der Waals surface area contributed by atoms with Crippen LogP contribution < -0.4 is 5.32 Å². The SMILES string of the molecule is CC(C)CNC(=O)CN(C)Cc1ccccc1Cl. The molecule has 0 saturated heterocycles. The zero-order valence-corrected chi connectivity index (χ0v) is 12.0. The standard InChI is InChI=1S/C14H21ClN2O/c1-11(2)8-16-14(18)10-17(3)9-12-6-4-5-7-13(12)15/h4-7,11H,8-10H2,1-3H3,(H,16,18). The molecule has 100 valence electrons. The van der Waals surface area contributed by atoms with E-state index in [-0.39, 0.29) is 5.91 Å². The molecule has 1 N–H and O–H groups in total. The molecule has 18 heavy (non-hydrogen) atoms. The molecule has 0 fully saturated rings. The van der Waals surface area contributed by atoms with Crippen LogP contribution in [0.3, 0.4) is 0 Å². The molecular formula is C14H21ClN2O. The van der Waals surface area contributed by atoms with E-state index in [1.165, 1.54) is 0 Å². The Morgan fingerprint density at radius 1 is 1.39 bits per heavy atom. The smallest absolute Gasteiger partial charge is 0.234 e. The molecule has 0 aromatic heterocycles. The Labute approximate surface area is 114 Å². The predicted octanol–water partition coefficient (Wildman–Crippen LogP) is 2.54. The minimum Gasteiger partial charge on any atom is -0.355 e. The van der Waals surface area contributed by atoms with E-state index >= 15 is 0 Å². The van der Waals surface area contributed by atoms with Crippen molar-refractivity contribution >= 4 is 17.5 Å². The maximum atomic E-state index is 11.6.